The summed E-state index contributed by atoms with van der Waals surface area (Å²) in [7, 11) is 0. The Morgan fingerprint density at radius 3 is 2.29 bits per heavy atom. The third-order valence-corrected chi connectivity index (χ3v) is 6.14. The van der Waals surface area contributed by atoms with Crippen LogP contribution in [-0.2, 0) is 11.3 Å². The summed E-state index contributed by atoms with van der Waals surface area (Å²) in [4.78, 5) is 26.9. The Balaban J connectivity index is 1.93. The number of nitrogens with zero attached hydrogens (tertiary/aromatic N) is 1. The Bertz CT molecular complexity index is 1080. The Labute approximate surface area is 204 Å². The topological polar surface area (TPSA) is 89.9 Å². The van der Waals surface area contributed by atoms with Crippen LogP contribution in [0, 0.1) is 0 Å². The van der Waals surface area contributed by atoms with Crippen molar-refractivity contribution in [1.82, 2.24) is 5.32 Å². The van der Waals surface area contributed by atoms with Crippen LogP contribution in [0.5, 0.6) is 0 Å². The lowest BCUT2D eigenvalue weighted by Gasteiger charge is -2.25. The second-order valence-corrected chi connectivity index (χ2v) is 8.86. The summed E-state index contributed by atoms with van der Waals surface area (Å²) >= 11 is 1.54. The number of carbonyl (C=O) groups excluding carboxylic acids is 1. The number of nitrogens with one attached hydrogen (secondary N) is 1. The molecule has 7 heteroatoms. The van der Waals surface area contributed by atoms with Crippen LogP contribution < -0.4 is 10.2 Å². The number of hydrogen-bond acceptors (Lipinski definition) is 5. The van der Waals surface area contributed by atoms with E-state index < -0.39 is 17.9 Å². The van der Waals surface area contributed by atoms with Gasteiger partial charge in [0.2, 0.25) is 0 Å². The number of thioether (sulfide) groups is 1. The van der Waals surface area contributed by atoms with Gasteiger partial charge in [0, 0.05) is 24.3 Å². The number of aliphatic hydroxyl groups is 1. The van der Waals surface area contributed by atoms with Crippen LogP contribution >= 0.6 is 11.8 Å². The molecule has 0 aliphatic carbocycles. The van der Waals surface area contributed by atoms with Gasteiger partial charge >= 0.3 is 5.97 Å². The largest absolute Gasteiger partial charge is 0.480 e. The molecular formula is C27H30N2O4S. The molecule has 0 aromatic heterocycles. The Kier molecular flexibility index (Phi) is 9.55. The predicted molar refractivity (Wildman–Crippen MR) is 138 cm³/mol. The van der Waals surface area contributed by atoms with Crippen molar-refractivity contribution in [2.45, 2.75) is 19.0 Å². The maximum Gasteiger partial charge on any atom is 0.326 e. The van der Waals surface area contributed by atoms with E-state index in [4.69, 9.17) is 0 Å². The van der Waals surface area contributed by atoms with Crippen molar-refractivity contribution in [2.75, 3.05) is 30.1 Å². The molecule has 1 amide bonds. The SMILES string of the molecule is CSCCC(NC(=O)c1ccc(CN(CCO)c2ccccc2)cc1-c1ccccc1)C(=O)O. The van der Waals surface area contributed by atoms with E-state index in [9.17, 15) is 19.8 Å². The van der Waals surface area contributed by atoms with Crippen molar-refractivity contribution >= 4 is 29.3 Å². The molecule has 0 aliphatic rings. The molecule has 1 unspecified atom stereocenters. The maximum atomic E-state index is 13.1. The van der Waals surface area contributed by atoms with Gasteiger partial charge in [-0.2, -0.15) is 11.8 Å². The van der Waals surface area contributed by atoms with Crippen molar-refractivity contribution in [2.24, 2.45) is 0 Å². The van der Waals surface area contributed by atoms with Gasteiger partial charge in [-0.25, -0.2) is 4.79 Å². The number of amides is 1. The van der Waals surface area contributed by atoms with E-state index in [1.807, 2.05) is 79.1 Å². The summed E-state index contributed by atoms with van der Waals surface area (Å²) in [5.74, 6) is -0.806. The Hall–Kier alpha value is -3.29. The van der Waals surface area contributed by atoms with E-state index in [0.717, 1.165) is 22.4 Å². The van der Waals surface area contributed by atoms with Crippen LogP contribution in [0.1, 0.15) is 22.3 Å². The molecule has 3 aromatic rings. The lowest BCUT2D eigenvalue weighted by molar-refractivity contribution is -0.139. The number of aliphatic carboxylic acids is 1. The van der Waals surface area contributed by atoms with Crippen molar-refractivity contribution in [3.8, 4) is 11.1 Å². The quantitative estimate of drug-likeness (QED) is 0.360. The zero-order valence-corrected chi connectivity index (χ0v) is 20.0. The first-order valence-corrected chi connectivity index (χ1v) is 12.5. The first-order chi connectivity index (χ1) is 16.5. The first-order valence-electron chi connectivity index (χ1n) is 11.1. The molecule has 1 atom stereocenters. The second kappa shape index (κ2) is 12.8. The summed E-state index contributed by atoms with van der Waals surface area (Å²) in [5, 5.41) is 21.8. The van der Waals surface area contributed by atoms with E-state index in [-0.39, 0.29) is 6.61 Å². The second-order valence-electron chi connectivity index (χ2n) is 7.87. The van der Waals surface area contributed by atoms with Crippen molar-refractivity contribution in [3.05, 3.63) is 90.0 Å². The van der Waals surface area contributed by atoms with Crippen molar-refractivity contribution in [1.29, 1.82) is 0 Å². The minimum absolute atomic E-state index is 0.0214. The smallest absolute Gasteiger partial charge is 0.326 e. The van der Waals surface area contributed by atoms with Gasteiger partial charge in [-0.1, -0.05) is 54.6 Å². The molecular weight excluding hydrogens is 448 g/mol. The number of para-hydroxylation sites is 1. The normalized spacial score (nSPS) is 11.6. The highest BCUT2D eigenvalue weighted by Gasteiger charge is 2.22. The Morgan fingerprint density at radius 2 is 1.68 bits per heavy atom. The zero-order valence-electron chi connectivity index (χ0n) is 19.2. The predicted octanol–water partition coefficient (Wildman–Crippen LogP) is 4.29. The molecule has 3 N–H and O–H groups in total. The highest BCUT2D eigenvalue weighted by Crippen LogP contribution is 2.27. The number of carboxylic acids is 1. The first kappa shape index (κ1) is 25.3. The van der Waals surface area contributed by atoms with Crippen LogP contribution in [-0.4, -0.2) is 53.3 Å². The summed E-state index contributed by atoms with van der Waals surface area (Å²) in [6.45, 7) is 1.05. The number of benzene rings is 3. The number of carboxylic acid groups (broad SMARTS) is 1. The van der Waals surface area contributed by atoms with Crippen LogP contribution in [0.2, 0.25) is 0 Å². The number of rotatable bonds is 12. The molecule has 3 rings (SSSR count). The average molecular weight is 479 g/mol. The van der Waals surface area contributed by atoms with Gasteiger partial charge in [0.1, 0.15) is 6.04 Å². The fourth-order valence-corrected chi connectivity index (χ4v) is 4.22. The van der Waals surface area contributed by atoms with E-state index in [0.29, 0.717) is 30.8 Å². The number of aliphatic hydroxyl groups excluding tert-OH is 1. The van der Waals surface area contributed by atoms with Gasteiger partial charge in [0.05, 0.1) is 6.61 Å². The van der Waals surface area contributed by atoms with E-state index in [2.05, 4.69) is 10.2 Å². The minimum atomic E-state index is -1.04. The molecule has 0 aliphatic heterocycles. The number of hydrogen-bond donors (Lipinski definition) is 3. The number of carbonyl (C=O) groups is 2. The van der Waals surface area contributed by atoms with E-state index in [1.54, 1.807) is 17.8 Å². The number of anilines is 1. The van der Waals surface area contributed by atoms with Crippen LogP contribution in [0.15, 0.2) is 78.9 Å². The third-order valence-electron chi connectivity index (χ3n) is 5.49. The fourth-order valence-electron chi connectivity index (χ4n) is 3.75. The average Bonchev–Trinajstić information content (AvgIpc) is 2.87. The summed E-state index contributed by atoms with van der Waals surface area (Å²) in [6.07, 6.45) is 2.26. The lowest BCUT2D eigenvalue weighted by atomic mass is 9.96. The molecule has 0 fully saturated rings. The highest BCUT2D eigenvalue weighted by molar-refractivity contribution is 7.98. The summed E-state index contributed by atoms with van der Waals surface area (Å²) in [5.41, 5.74) is 4.02. The fraction of sp³-hybridized carbons (Fsp3) is 0.259. The maximum absolute atomic E-state index is 13.1. The molecule has 34 heavy (non-hydrogen) atoms. The summed E-state index contributed by atoms with van der Waals surface area (Å²) < 4.78 is 0. The molecule has 3 aromatic carbocycles. The molecule has 0 radical (unpaired) electrons. The molecule has 6 nitrogen and oxygen atoms in total. The zero-order chi connectivity index (χ0) is 24.3. The molecule has 0 spiro atoms. The third kappa shape index (κ3) is 6.85. The van der Waals surface area contributed by atoms with E-state index >= 15 is 0 Å². The van der Waals surface area contributed by atoms with Crippen molar-refractivity contribution in [3.63, 3.8) is 0 Å². The molecule has 0 bridgehead atoms. The van der Waals surface area contributed by atoms with Crippen molar-refractivity contribution < 1.29 is 19.8 Å². The molecule has 0 heterocycles. The minimum Gasteiger partial charge on any atom is -0.480 e. The van der Waals surface area contributed by atoms with Gasteiger partial charge in [-0.15, -0.1) is 0 Å². The Morgan fingerprint density at radius 1 is 1.00 bits per heavy atom. The highest BCUT2D eigenvalue weighted by atomic mass is 32.2. The van der Waals surface area contributed by atoms with Gasteiger partial charge in [0.25, 0.3) is 5.91 Å². The molecule has 178 valence electrons. The lowest BCUT2D eigenvalue weighted by Crippen LogP contribution is -2.41. The monoisotopic (exact) mass is 478 g/mol. The summed E-state index contributed by atoms with van der Waals surface area (Å²) in [6, 6.07) is 24.1. The van der Waals surface area contributed by atoms with Crippen LogP contribution in [0.4, 0.5) is 5.69 Å². The van der Waals surface area contributed by atoms with E-state index in [1.165, 1.54) is 0 Å². The standard InChI is InChI=1S/C27H30N2O4S/c1-34-17-14-25(27(32)33)28-26(31)23-13-12-20(18-24(23)21-8-4-2-5-9-21)19-29(15-16-30)22-10-6-3-7-11-22/h2-13,18,25,30H,14-17,19H2,1H3,(H,28,31)(H,32,33). The van der Waals surface area contributed by atoms with Gasteiger partial charge < -0.3 is 20.4 Å². The van der Waals surface area contributed by atoms with Gasteiger partial charge in [-0.3, -0.25) is 4.79 Å². The molecule has 0 saturated heterocycles. The molecule has 0 saturated carbocycles. The van der Waals surface area contributed by atoms with Crippen LogP contribution in [0.3, 0.4) is 0 Å². The van der Waals surface area contributed by atoms with Crippen LogP contribution in [0.25, 0.3) is 11.1 Å². The van der Waals surface area contributed by atoms with Gasteiger partial charge in [0.15, 0.2) is 0 Å². The van der Waals surface area contributed by atoms with Gasteiger partial charge in [-0.05, 0) is 59.4 Å².